The molecule has 118 valence electrons. The molecule has 6 heteroatoms. The summed E-state index contributed by atoms with van der Waals surface area (Å²) in [4.78, 5) is 37.4. The molecule has 0 saturated carbocycles. The topological polar surface area (TPSA) is 66.5 Å². The summed E-state index contributed by atoms with van der Waals surface area (Å²) in [5.41, 5.74) is -0.247. The normalized spacial score (nSPS) is 16.8. The van der Waals surface area contributed by atoms with Crippen molar-refractivity contribution in [2.75, 3.05) is 6.54 Å². The van der Waals surface area contributed by atoms with Crippen LogP contribution in [0.1, 0.15) is 32.3 Å². The van der Waals surface area contributed by atoms with Gasteiger partial charge >= 0.3 is 6.03 Å². The predicted molar refractivity (Wildman–Crippen MR) is 78.7 cm³/mol. The van der Waals surface area contributed by atoms with E-state index in [0.29, 0.717) is 18.4 Å². The van der Waals surface area contributed by atoms with Crippen molar-refractivity contribution in [1.82, 2.24) is 10.2 Å². The minimum Gasteiger partial charge on any atom is -0.323 e. The van der Waals surface area contributed by atoms with Crippen molar-refractivity contribution < 1.29 is 18.8 Å². The van der Waals surface area contributed by atoms with Gasteiger partial charge in [-0.25, -0.2) is 9.18 Å². The van der Waals surface area contributed by atoms with Gasteiger partial charge in [0.25, 0.3) is 5.91 Å². The van der Waals surface area contributed by atoms with Gasteiger partial charge in [0, 0.05) is 6.42 Å². The Morgan fingerprint density at radius 1 is 1.18 bits per heavy atom. The SMILES string of the molecule is CCC1(CC)NC(=O)N(CC(=O)Cc2ccc(F)cc2)C1=O. The van der Waals surface area contributed by atoms with Gasteiger partial charge in [-0.15, -0.1) is 0 Å². The highest BCUT2D eigenvalue weighted by Crippen LogP contribution is 2.24. The fourth-order valence-electron chi connectivity index (χ4n) is 2.61. The molecule has 1 saturated heterocycles. The molecule has 0 spiro atoms. The van der Waals surface area contributed by atoms with Gasteiger partial charge in [0.1, 0.15) is 11.4 Å². The number of carbonyl (C=O) groups is 3. The molecule has 1 aromatic rings. The van der Waals surface area contributed by atoms with Crippen LogP contribution in [-0.4, -0.2) is 34.7 Å². The zero-order valence-electron chi connectivity index (χ0n) is 12.7. The minimum atomic E-state index is -0.896. The average Bonchev–Trinajstić information content (AvgIpc) is 2.74. The second-order valence-corrected chi connectivity index (χ2v) is 5.45. The third-order valence-corrected chi connectivity index (χ3v) is 4.10. The number of carbonyl (C=O) groups excluding carboxylic acids is 3. The Bertz CT molecular complexity index is 594. The number of rotatable bonds is 6. The molecule has 1 aromatic carbocycles. The smallest absolute Gasteiger partial charge is 0.323 e. The summed E-state index contributed by atoms with van der Waals surface area (Å²) in [6, 6.07) is 5.05. The number of nitrogens with one attached hydrogen (secondary N) is 1. The highest BCUT2D eigenvalue weighted by Gasteiger charge is 2.48. The van der Waals surface area contributed by atoms with Crippen LogP contribution in [0.15, 0.2) is 24.3 Å². The first-order valence-electron chi connectivity index (χ1n) is 7.32. The molecule has 1 N–H and O–H groups in total. The Kier molecular flexibility index (Phi) is 4.59. The largest absolute Gasteiger partial charge is 0.325 e. The molecule has 5 nitrogen and oxygen atoms in total. The summed E-state index contributed by atoms with van der Waals surface area (Å²) in [5.74, 6) is -0.992. The maximum atomic E-state index is 12.8. The van der Waals surface area contributed by atoms with Gasteiger partial charge in [-0.3, -0.25) is 14.5 Å². The molecule has 1 fully saturated rings. The van der Waals surface area contributed by atoms with Gasteiger partial charge in [-0.2, -0.15) is 0 Å². The first-order chi connectivity index (χ1) is 10.4. The summed E-state index contributed by atoms with van der Waals surface area (Å²) >= 11 is 0. The molecule has 2 rings (SSSR count). The predicted octanol–water partition coefficient (Wildman–Crippen LogP) is 2.05. The number of ketones is 1. The molecule has 0 atom stereocenters. The lowest BCUT2D eigenvalue weighted by atomic mass is 9.93. The number of hydrogen-bond donors (Lipinski definition) is 1. The molecule has 0 bridgehead atoms. The molecule has 1 aliphatic heterocycles. The van der Waals surface area contributed by atoms with Gasteiger partial charge in [0.2, 0.25) is 0 Å². The van der Waals surface area contributed by atoms with Crippen molar-refractivity contribution in [2.45, 2.75) is 38.6 Å². The first-order valence-corrected chi connectivity index (χ1v) is 7.32. The van der Waals surface area contributed by atoms with Gasteiger partial charge < -0.3 is 5.32 Å². The summed E-state index contributed by atoms with van der Waals surface area (Å²) in [5, 5.41) is 2.68. The number of imide groups is 1. The second kappa shape index (κ2) is 6.25. The number of nitrogens with zero attached hydrogens (tertiary/aromatic N) is 1. The number of Topliss-reactive ketones (excluding diaryl/α,β-unsaturated/α-hetero) is 1. The number of benzene rings is 1. The van der Waals surface area contributed by atoms with E-state index in [9.17, 15) is 18.8 Å². The van der Waals surface area contributed by atoms with E-state index in [-0.39, 0.29) is 30.5 Å². The van der Waals surface area contributed by atoms with E-state index in [0.717, 1.165) is 4.90 Å². The van der Waals surface area contributed by atoms with Crippen LogP contribution in [0.5, 0.6) is 0 Å². The lowest BCUT2D eigenvalue weighted by Gasteiger charge is -2.22. The van der Waals surface area contributed by atoms with Crippen LogP contribution in [-0.2, 0) is 16.0 Å². The fraction of sp³-hybridized carbons (Fsp3) is 0.438. The number of urea groups is 1. The Morgan fingerprint density at radius 2 is 1.77 bits per heavy atom. The zero-order chi connectivity index (χ0) is 16.3. The van der Waals surface area contributed by atoms with Crippen LogP contribution in [0.4, 0.5) is 9.18 Å². The van der Waals surface area contributed by atoms with Crippen molar-refractivity contribution >= 4 is 17.7 Å². The molecule has 0 aliphatic carbocycles. The fourth-order valence-corrected chi connectivity index (χ4v) is 2.61. The highest BCUT2D eigenvalue weighted by atomic mass is 19.1. The van der Waals surface area contributed by atoms with Gasteiger partial charge in [-0.05, 0) is 30.5 Å². The quantitative estimate of drug-likeness (QED) is 0.818. The third kappa shape index (κ3) is 3.00. The van der Waals surface area contributed by atoms with Crippen molar-refractivity contribution in [1.29, 1.82) is 0 Å². The van der Waals surface area contributed by atoms with Crippen molar-refractivity contribution in [3.8, 4) is 0 Å². The number of hydrogen-bond acceptors (Lipinski definition) is 3. The van der Waals surface area contributed by atoms with Crippen molar-refractivity contribution in [2.24, 2.45) is 0 Å². The highest BCUT2D eigenvalue weighted by molar-refractivity contribution is 6.09. The van der Waals surface area contributed by atoms with E-state index < -0.39 is 11.6 Å². The van der Waals surface area contributed by atoms with Gasteiger partial charge in [-0.1, -0.05) is 26.0 Å². The minimum absolute atomic E-state index is 0.0581. The maximum absolute atomic E-state index is 12.8. The van der Waals surface area contributed by atoms with E-state index in [2.05, 4.69) is 5.32 Å². The Balaban J connectivity index is 2.04. The van der Waals surface area contributed by atoms with E-state index in [4.69, 9.17) is 0 Å². The van der Waals surface area contributed by atoms with Crippen LogP contribution in [0, 0.1) is 5.82 Å². The van der Waals surface area contributed by atoms with Crippen LogP contribution in [0.2, 0.25) is 0 Å². The molecule has 0 unspecified atom stereocenters. The van der Waals surface area contributed by atoms with Gasteiger partial charge in [0.15, 0.2) is 5.78 Å². The zero-order valence-corrected chi connectivity index (χ0v) is 12.7. The molecular formula is C16H19FN2O3. The molecule has 3 amide bonds. The van der Waals surface area contributed by atoms with Crippen LogP contribution >= 0.6 is 0 Å². The van der Waals surface area contributed by atoms with Crippen LogP contribution < -0.4 is 5.32 Å². The third-order valence-electron chi connectivity index (χ3n) is 4.10. The standard InChI is InChI=1S/C16H19FN2O3/c1-3-16(4-2)14(21)19(15(22)18-16)10-13(20)9-11-5-7-12(17)8-6-11/h5-8H,3-4,9-10H2,1-2H3,(H,18,22). The monoisotopic (exact) mass is 306 g/mol. The first kappa shape index (κ1) is 16.1. The van der Waals surface area contributed by atoms with Gasteiger partial charge in [0.05, 0.1) is 6.54 Å². The van der Waals surface area contributed by atoms with E-state index in [1.807, 2.05) is 13.8 Å². The second-order valence-electron chi connectivity index (χ2n) is 5.45. The van der Waals surface area contributed by atoms with Crippen molar-refractivity contribution in [3.63, 3.8) is 0 Å². The van der Waals surface area contributed by atoms with E-state index in [1.165, 1.54) is 24.3 Å². The van der Waals surface area contributed by atoms with E-state index >= 15 is 0 Å². The number of halogens is 1. The van der Waals surface area contributed by atoms with E-state index in [1.54, 1.807) is 0 Å². The van der Waals surface area contributed by atoms with Crippen LogP contribution in [0.25, 0.3) is 0 Å². The molecule has 0 aromatic heterocycles. The Hall–Kier alpha value is -2.24. The number of amides is 3. The van der Waals surface area contributed by atoms with Crippen LogP contribution in [0.3, 0.4) is 0 Å². The Morgan fingerprint density at radius 3 is 2.27 bits per heavy atom. The summed E-state index contributed by atoms with van der Waals surface area (Å²) < 4.78 is 12.8. The lowest BCUT2D eigenvalue weighted by molar-refractivity contribution is -0.134. The summed E-state index contributed by atoms with van der Waals surface area (Å²) in [7, 11) is 0. The molecule has 0 radical (unpaired) electrons. The summed E-state index contributed by atoms with van der Waals surface area (Å²) in [6.07, 6.45) is 1.02. The Labute approximate surface area is 128 Å². The average molecular weight is 306 g/mol. The molecule has 1 heterocycles. The maximum Gasteiger partial charge on any atom is 0.325 e. The lowest BCUT2D eigenvalue weighted by Crippen LogP contribution is -2.46. The summed E-state index contributed by atoms with van der Waals surface area (Å²) in [6.45, 7) is 3.39. The molecule has 22 heavy (non-hydrogen) atoms. The van der Waals surface area contributed by atoms with Crippen molar-refractivity contribution in [3.05, 3.63) is 35.6 Å². The molecule has 1 aliphatic rings. The molecular weight excluding hydrogens is 287 g/mol.